The fourth-order valence-electron chi connectivity index (χ4n) is 9.84. The minimum Gasteiger partial charge on any atom is -0.456 e. The molecule has 6 aromatic rings. The average molecular weight is 1000 g/mol. The summed E-state index contributed by atoms with van der Waals surface area (Å²) in [6, 6.07) is 52.0. The monoisotopic (exact) mass is 1000 g/mol. The molecule has 0 unspecified atom stereocenters. The molecule has 0 saturated carbocycles. The van der Waals surface area contributed by atoms with Gasteiger partial charge in [-0.2, -0.15) is 13.0 Å². The molecule has 2 aliphatic rings. The zero-order chi connectivity index (χ0) is 50.4. The number of nitrogens with zero attached hydrogens (tertiary/aromatic N) is 2. The van der Waals surface area contributed by atoms with Gasteiger partial charge in [0.2, 0.25) is 11.0 Å². The molecule has 0 bridgehead atoms. The average Bonchev–Trinajstić information content (AvgIpc) is 3.35. The van der Waals surface area contributed by atoms with Gasteiger partial charge in [0.1, 0.15) is 22.8 Å². The van der Waals surface area contributed by atoms with E-state index in [1.54, 1.807) is 12.1 Å². The summed E-state index contributed by atoms with van der Waals surface area (Å²) in [5, 5.41) is 1.75. The first-order valence-corrected chi connectivity index (χ1v) is 28.6. The van der Waals surface area contributed by atoms with Gasteiger partial charge in [-0.1, -0.05) is 134 Å². The first kappa shape index (κ1) is 51.8. The van der Waals surface area contributed by atoms with Crippen molar-refractivity contribution in [2.75, 3.05) is 29.5 Å². The van der Waals surface area contributed by atoms with E-state index in [4.69, 9.17) is 4.42 Å². The summed E-state index contributed by atoms with van der Waals surface area (Å²) in [5.41, 5.74) is 12.4. The molecule has 0 radical (unpaired) electrons. The Bertz CT molecular complexity index is 3210. The number of hydrogen-bond donors (Lipinski definition) is 1. The van der Waals surface area contributed by atoms with E-state index in [2.05, 4.69) is 199 Å². The van der Waals surface area contributed by atoms with Crippen LogP contribution in [0.4, 0.5) is 17.1 Å². The Morgan fingerprint density at radius 3 is 1.73 bits per heavy atom. The van der Waals surface area contributed by atoms with Gasteiger partial charge in [-0.05, 0) is 115 Å². The van der Waals surface area contributed by atoms with Crippen molar-refractivity contribution in [2.24, 2.45) is 0 Å². The maximum absolute atomic E-state index is 13.2. The SMILES string of the molecule is Cc1cc(C(C)C)c([N+](CCCSc2ccccc2)=c2ccc3c(-c4ccccc4S(=O)(=O)O)c4ccc(N(CCCSc5ccccc5)c5c(C(C)C)cccc5C(C)C)cc4oc-3c2)c(C(C)C)c1. The van der Waals surface area contributed by atoms with Gasteiger partial charge in [0, 0.05) is 85.2 Å². The van der Waals surface area contributed by atoms with E-state index in [-0.39, 0.29) is 28.6 Å². The number of fused-ring (bicyclic) bond motifs is 2. The van der Waals surface area contributed by atoms with Crippen LogP contribution in [0.2, 0.25) is 0 Å². The van der Waals surface area contributed by atoms with Crippen molar-refractivity contribution in [3.8, 4) is 22.5 Å². The van der Waals surface area contributed by atoms with Crippen molar-refractivity contribution in [3.05, 3.63) is 185 Å². The molecule has 1 N–H and O–H groups in total. The molecule has 0 aromatic heterocycles. The topological polar surface area (TPSA) is 73.8 Å². The van der Waals surface area contributed by atoms with Crippen LogP contribution in [-0.2, 0) is 10.1 Å². The van der Waals surface area contributed by atoms with E-state index < -0.39 is 10.1 Å². The first-order valence-electron chi connectivity index (χ1n) is 25.2. The molecular weight excluding hydrogens is 933 g/mol. The number of para-hydroxylation sites is 1. The van der Waals surface area contributed by atoms with E-state index in [1.807, 2.05) is 29.6 Å². The van der Waals surface area contributed by atoms with E-state index >= 15 is 0 Å². The van der Waals surface area contributed by atoms with Crippen molar-refractivity contribution >= 4 is 61.7 Å². The molecule has 0 spiro atoms. The Morgan fingerprint density at radius 2 is 1.15 bits per heavy atom. The Kier molecular flexibility index (Phi) is 16.7. The lowest BCUT2D eigenvalue weighted by Crippen LogP contribution is -2.29. The summed E-state index contributed by atoms with van der Waals surface area (Å²) in [6.07, 6.45) is 1.86. The smallest absolute Gasteiger partial charge is 0.295 e. The van der Waals surface area contributed by atoms with Gasteiger partial charge >= 0.3 is 0 Å². The standard InChI is InChI=1S/C62H68N2O4S3/c1-41(2)50-26-18-27-51(42(3)4)61(50)63(33-19-35-69-48-21-12-10-13-22-48)46-29-31-52-57(39-46)68-58-40-47(30-32-53(58)60(52)54-25-16-17-28-59(54)71(65,66)67)64(34-20-36-70-49-23-14-11-15-24-49)62-55(43(5)6)37-45(9)38-56(62)44(7)8/h10-18,21-32,37-44H,19-20,33-36H2,1-9H3/p+1. The zero-order valence-corrected chi connectivity index (χ0v) is 45.2. The number of benzene rings is 7. The summed E-state index contributed by atoms with van der Waals surface area (Å²) in [5.74, 6) is 3.62. The Balaban J connectivity index is 1.38. The number of anilines is 2. The third kappa shape index (κ3) is 11.9. The lowest BCUT2D eigenvalue weighted by Gasteiger charge is -2.32. The molecule has 0 saturated heterocycles. The summed E-state index contributed by atoms with van der Waals surface area (Å²) in [7, 11) is -4.61. The van der Waals surface area contributed by atoms with E-state index in [0.29, 0.717) is 22.5 Å². The van der Waals surface area contributed by atoms with Crippen LogP contribution >= 0.6 is 23.5 Å². The van der Waals surface area contributed by atoms with Crippen LogP contribution in [0.15, 0.2) is 171 Å². The third-order valence-electron chi connectivity index (χ3n) is 13.3. The van der Waals surface area contributed by atoms with Gasteiger partial charge in [0.15, 0.2) is 0 Å². The van der Waals surface area contributed by atoms with Gasteiger partial charge in [-0.15, -0.1) is 23.5 Å². The predicted octanol–water partition coefficient (Wildman–Crippen LogP) is 16.9. The summed E-state index contributed by atoms with van der Waals surface area (Å²) < 4.78 is 46.9. The highest BCUT2D eigenvalue weighted by atomic mass is 32.2. The normalized spacial score (nSPS) is 12.5. The van der Waals surface area contributed by atoms with Gasteiger partial charge in [0.05, 0.1) is 6.07 Å². The molecule has 368 valence electrons. The molecule has 1 aliphatic carbocycles. The maximum Gasteiger partial charge on any atom is 0.295 e. The highest BCUT2D eigenvalue weighted by Crippen LogP contribution is 2.46. The van der Waals surface area contributed by atoms with Gasteiger partial charge in [-0.25, -0.2) is 0 Å². The molecule has 0 atom stereocenters. The minimum atomic E-state index is -4.61. The Hall–Kier alpha value is -5.58. The number of thioether (sulfide) groups is 2. The second-order valence-corrected chi connectivity index (χ2v) is 23.6. The van der Waals surface area contributed by atoms with Gasteiger partial charge < -0.3 is 9.32 Å². The minimum absolute atomic E-state index is 0.146. The van der Waals surface area contributed by atoms with Crippen molar-refractivity contribution < 1.29 is 17.4 Å². The fourth-order valence-corrected chi connectivity index (χ4v) is 12.3. The predicted molar refractivity (Wildman–Crippen MR) is 302 cm³/mol. The van der Waals surface area contributed by atoms with Gasteiger partial charge in [-0.3, -0.25) is 4.55 Å². The number of hydrogen-bond acceptors (Lipinski definition) is 6. The molecule has 6 aromatic carbocycles. The Labute approximate surface area is 431 Å². The van der Waals surface area contributed by atoms with Crippen LogP contribution in [-0.4, -0.2) is 37.6 Å². The quantitative estimate of drug-likeness (QED) is 0.0284. The Morgan fingerprint density at radius 1 is 0.592 bits per heavy atom. The molecule has 71 heavy (non-hydrogen) atoms. The highest BCUT2D eigenvalue weighted by Gasteiger charge is 2.29. The van der Waals surface area contributed by atoms with Crippen LogP contribution in [0.3, 0.4) is 0 Å². The molecule has 9 heteroatoms. The van der Waals surface area contributed by atoms with Crippen molar-refractivity contribution in [1.29, 1.82) is 0 Å². The molecule has 1 heterocycles. The number of aryl methyl sites for hydroxylation is 1. The van der Waals surface area contributed by atoms with Crippen LogP contribution in [0.1, 0.15) is 120 Å². The van der Waals surface area contributed by atoms with E-state index in [9.17, 15) is 13.0 Å². The van der Waals surface area contributed by atoms with E-state index in [0.717, 1.165) is 59.4 Å². The number of rotatable bonds is 19. The summed E-state index contributed by atoms with van der Waals surface area (Å²) in [6.45, 7) is 21.9. The van der Waals surface area contributed by atoms with Gasteiger partial charge in [0.25, 0.3) is 10.1 Å². The van der Waals surface area contributed by atoms with Crippen LogP contribution in [0, 0.1) is 6.92 Å². The maximum atomic E-state index is 13.2. The van der Waals surface area contributed by atoms with E-state index in [1.165, 1.54) is 55.0 Å². The molecule has 0 amide bonds. The first-order chi connectivity index (χ1) is 34.1. The second kappa shape index (κ2) is 22.9. The van der Waals surface area contributed by atoms with Crippen molar-refractivity contribution in [1.82, 2.24) is 4.58 Å². The summed E-state index contributed by atoms with van der Waals surface area (Å²) in [4.78, 5) is 4.84. The molecule has 8 rings (SSSR count). The summed E-state index contributed by atoms with van der Waals surface area (Å²) >= 11 is 3.75. The van der Waals surface area contributed by atoms with Crippen LogP contribution < -0.4 is 14.8 Å². The third-order valence-corrected chi connectivity index (χ3v) is 16.4. The van der Waals surface area contributed by atoms with Crippen LogP contribution in [0.5, 0.6) is 0 Å². The molecule has 1 aliphatic heterocycles. The second-order valence-electron chi connectivity index (χ2n) is 19.8. The van der Waals surface area contributed by atoms with Crippen molar-refractivity contribution in [3.63, 3.8) is 0 Å². The zero-order valence-electron chi connectivity index (χ0n) is 42.8. The van der Waals surface area contributed by atoms with Crippen LogP contribution in [0.25, 0.3) is 33.4 Å². The molecule has 0 fully saturated rings. The largest absolute Gasteiger partial charge is 0.456 e. The molecular formula is C62H69N2O4S3+. The van der Waals surface area contributed by atoms with Crippen molar-refractivity contribution in [2.45, 2.75) is 114 Å². The fraction of sp³-hybridized carbons (Fsp3) is 0.306. The highest BCUT2D eigenvalue weighted by molar-refractivity contribution is 7.99. The molecule has 6 nitrogen and oxygen atoms in total. The lowest BCUT2D eigenvalue weighted by molar-refractivity contribution is 0.483. The lowest BCUT2D eigenvalue weighted by atomic mass is 9.90.